The van der Waals surface area contributed by atoms with E-state index in [4.69, 9.17) is 18.9 Å². The topological polar surface area (TPSA) is 83.1 Å². The van der Waals surface area contributed by atoms with E-state index in [1.54, 1.807) is 0 Å². The van der Waals surface area contributed by atoms with E-state index in [0.717, 1.165) is 4.88 Å². The Labute approximate surface area is 149 Å². The van der Waals surface area contributed by atoms with E-state index in [9.17, 15) is 9.59 Å². The molecule has 0 aliphatic heterocycles. The summed E-state index contributed by atoms with van der Waals surface area (Å²) in [4.78, 5) is 25.0. The molecule has 0 aliphatic rings. The second kappa shape index (κ2) is 8.93. The molecule has 0 saturated carbocycles. The van der Waals surface area contributed by atoms with Crippen LogP contribution < -0.4 is 19.5 Å². The van der Waals surface area contributed by atoms with Gasteiger partial charge in [0.05, 0.1) is 33.4 Å². The summed E-state index contributed by atoms with van der Waals surface area (Å²) in [6.07, 6.45) is 0. The molecule has 1 aromatic heterocycles. The summed E-state index contributed by atoms with van der Waals surface area (Å²) in [5, 5.41) is 4.60. The summed E-state index contributed by atoms with van der Waals surface area (Å²) in [7, 11) is 4.37. The summed E-state index contributed by atoms with van der Waals surface area (Å²) >= 11 is 1.54. The highest BCUT2D eigenvalue weighted by atomic mass is 32.1. The average molecular weight is 365 g/mol. The molecule has 2 rings (SSSR count). The van der Waals surface area contributed by atoms with Gasteiger partial charge in [-0.15, -0.1) is 11.3 Å². The van der Waals surface area contributed by atoms with Crippen LogP contribution in [-0.4, -0.2) is 39.8 Å². The minimum Gasteiger partial charge on any atom is -0.493 e. The van der Waals surface area contributed by atoms with Gasteiger partial charge in [-0.25, -0.2) is 4.79 Å². The van der Waals surface area contributed by atoms with Crippen LogP contribution >= 0.6 is 11.3 Å². The molecule has 0 bridgehead atoms. The van der Waals surface area contributed by atoms with Crippen molar-refractivity contribution in [2.75, 3.05) is 27.9 Å². The van der Waals surface area contributed by atoms with E-state index < -0.39 is 5.97 Å². The number of hydrogen-bond acceptors (Lipinski definition) is 7. The molecule has 2 aromatic rings. The van der Waals surface area contributed by atoms with E-state index in [0.29, 0.717) is 23.8 Å². The van der Waals surface area contributed by atoms with Crippen LogP contribution in [-0.2, 0) is 16.1 Å². The van der Waals surface area contributed by atoms with E-state index >= 15 is 0 Å². The molecule has 0 radical (unpaired) electrons. The highest BCUT2D eigenvalue weighted by Crippen LogP contribution is 2.38. The van der Waals surface area contributed by atoms with E-state index in [2.05, 4.69) is 5.32 Å². The van der Waals surface area contributed by atoms with Crippen LogP contribution in [0.5, 0.6) is 17.2 Å². The summed E-state index contributed by atoms with van der Waals surface area (Å²) in [6.45, 7) is 0.0269. The van der Waals surface area contributed by atoms with Gasteiger partial charge >= 0.3 is 5.97 Å². The van der Waals surface area contributed by atoms with Gasteiger partial charge in [0.15, 0.2) is 18.1 Å². The molecule has 0 atom stereocenters. The smallest absolute Gasteiger partial charge is 0.338 e. The van der Waals surface area contributed by atoms with Crippen LogP contribution in [0.2, 0.25) is 0 Å². The number of thiophene rings is 1. The van der Waals surface area contributed by atoms with Gasteiger partial charge in [0.2, 0.25) is 5.75 Å². The number of ether oxygens (including phenoxy) is 4. The molecule has 1 amide bonds. The maximum absolute atomic E-state index is 12.2. The van der Waals surface area contributed by atoms with Crippen molar-refractivity contribution in [2.24, 2.45) is 0 Å². The number of esters is 1. The summed E-state index contributed by atoms with van der Waals surface area (Å²) in [6, 6.07) is 6.74. The number of methoxy groups -OCH3 is 3. The first kappa shape index (κ1) is 18.6. The third kappa shape index (κ3) is 4.87. The van der Waals surface area contributed by atoms with Crippen molar-refractivity contribution in [1.29, 1.82) is 0 Å². The second-order valence-corrected chi connectivity index (χ2v) is 5.88. The van der Waals surface area contributed by atoms with Crippen molar-refractivity contribution in [3.05, 3.63) is 40.1 Å². The standard InChI is InChI=1S/C17H19NO6S/c1-21-13-7-11(8-14(22-2)16(13)23-3)17(20)24-10-15(19)18-9-12-5-4-6-25-12/h4-8H,9-10H2,1-3H3,(H,18,19). The predicted octanol–water partition coefficient (Wildman–Crippen LogP) is 2.25. The Balaban J connectivity index is 1.96. The average Bonchev–Trinajstić information content (AvgIpc) is 3.16. The third-order valence-electron chi connectivity index (χ3n) is 3.27. The number of nitrogens with one attached hydrogen (secondary N) is 1. The second-order valence-electron chi connectivity index (χ2n) is 4.85. The Morgan fingerprint density at radius 2 is 1.76 bits per heavy atom. The number of carbonyl (C=O) groups is 2. The van der Waals surface area contributed by atoms with Crippen LogP contribution in [0, 0.1) is 0 Å². The number of rotatable bonds is 8. The summed E-state index contributed by atoms with van der Waals surface area (Å²) in [5.41, 5.74) is 0.195. The predicted molar refractivity (Wildman–Crippen MR) is 92.5 cm³/mol. The molecule has 134 valence electrons. The number of hydrogen-bond donors (Lipinski definition) is 1. The first-order valence-corrected chi connectivity index (χ1v) is 8.23. The lowest BCUT2D eigenvalue weighted by Crippen LogP contribution is -2.28. The maximum Gasteiger partial charge on any atom is 0.338 e. The molecule has 7 nitrogen and oxygen atoms in total. The van der Waals surface area contributed by atoms with Gasteiger partial charge in [-0.2, -0.15) is 0 Å². The van der Waals surface area contributed by atoms with Gasteiger partial charge < -0.3 is 24.3 Å². The maximum atomic E-state index is 12.2. The minimum atomic E-state index is -0.662. The monoisotopic (exact) mass is 365 g/mol. The lowest BCUT2D eigenvalue weighted by molar-refractivity contribution is -0.124. The Hall–Kier alpha value is -2.74. The van der Waals surface area contributed by atoms with Crippen LogP contribution in [0.1, 0.15) is 15.2 Å². The van der Waals surface area contributed by atoms with Gasteiger partial charge in [-0.3, -0.25) is 4.79 Å². The molecule has 1 heterocycles. The van der Waals surface area contributed by atoms with Crippen molar-refractivity contribution in [1.82, 2.24) is 5.32 Å². The van der Waals surface area contributed by atoms with Gasteiger partial charge in [0.1, 0.15) is 0 Å². The van der Waals surface area contributed by atoms with Crippen LogP contribution in [0.15, 0.2) is 29.6 Å². The first-order chi connectivity index (χ1) is 12.1. The SMILES string of the molecule is COc1cc(C(=O)OCC(=O)NCc2cccs2)cc(OC)c1OC. The molecular weight excluding hydrogens is 346 g/mol. The van der Waals surface area contributed by atoms with E-state index in [-0.39, 0.29) is 18.1 Å². The van der Waals surface area contributed by atoms with Gasteiger partial charge in [0.25, 0.3) is 5.91 Å². The molecular formula is C17H19NO6S. The Kier molecular flexibility index (Phi) is 6.64. The number of amides is 1. The van der Waals surface area contributed by atoms with Gasteiger partial charge in [-0.1, -0.05) is 6.07 Å². The fourth-order valence-electron chi connectivity index (χ4n) is 2.06. The van der Waals surface area contributed by atoms with Gasteiger partial charge in [0, 0.05) is 4.88 Å². The van der Waals surface area contributed by atoms with Crippen LogP contribution in [0.3, 0.4) is 0 Å². The fraction of sp³-hybridized carbons (Fsp3) is 0.294. The molecule has 25 heavy (non-hydrogen) atoms. The zero-order chi connectivity index (χ0) is 18.2. The fourth-order valence-corrected chi connectivity index (χ4v) is 2.71. The Morgan fingerprint density at radius 1 is 1.08 bits per heavy atom. The Morgan fingerprint density at radius 3 is 2.28 bits per heavy atom. The largest absolute Gasteiger partial charge is 0.493 e. The first-order valence-electron chi connectivity index (χ1n) is 7.35. The molecule has 8 heteroatoms. The normalized spacial score (nSPS) is 10.0. The van der Waals surface area contributed by atoms with Crippen molar-refractivity contribution < 1.29 is 28.5 Å². The molecule has 0 fully saturated rings. The Bertz CT molecular complexity index is 704. The molecule has 1 N–H and O–H groups in total. The van der Waals surface area contributed by atoms with Gasteiger partial charge in [-0.05, 0) is 23.6 Å². The quantitative estimate of drug-likeness (QED) is 0.723. The lowest BCUT2D eigenvalue weighted by atomic mass is 10.2. The molecule has 0 spiro atoms. The molecule has 0 saturated heterocycles. The van der Waals surface area contributed by atoms with Crippen molar-refractivity contribution in [3.8, 4) is 17.2 Å². The van der Waals surface area contributed by atoms with Crippen LogP contribution in [0.25, 0.3) is 0 Å². The number of carbonyl (C=O) groups excluding carboxylic acids is 2. The molecule has 0 unspecified atom stereocenters. The summed E-state index contributed by atoms with van der Waals surface area (Å²) < 4.78 is 20.6. The number of benzene rings is 1. The summed E-state index contributed by atoms with van der Waals surface area (Å²) in [5.74, 6) is -0.0122. The van der Waals surface area contributed by atoms with Crippen molar-refractivity contribution >= 4 is 23.2 Å². The molecule has 0 aliphatic carbocycles. The zero-order valence-electron chi connectivity index (χ0n) is 14.2. The minimum absolute atomic E-state index is 0.195. The van der Waals surface area contributed by atoms with Crippen molar-refractivity contribution in [2.45, 2.75) is 6.54 Å². The third-order valence-corrected chi connectivity index (χ3v) is 4.15. The lowest BCUT2D eigenvalue weighted by Gasteiger charge is -2.13. The molecule has 1 aromatic carbocycles. The zero-order valence-corrected chi connectivity index (χ0v) is 15.0. The van der Waals surface area contributed by atoms with Crippen molar-refractivity contribution in [3.63, 3.8) is 0 Å². The highest BCUT2D eigenvalue weighted by Gasteiger charge is 2.18. The van der Waals surface area contributed by atoms with E-state index in [1.165, 1.54) is 44.8 Å². The highest BCUT2D eigenvalue weighted by molar-refractivity contribution is 7.09. The van der Waals surface area contributed by atoms with Crippen LogP contribution in [0.4, 0.5) is 0 Å². The van der Waals surface area contributed by atoms with E-state index in [1.807, 2.05) is 17.5 Å².